The third kappa shape index (κ3) is 2.04. The molecule has 2 N–H and O–H groups in total. The quantitative estimate of drug-likeness (QED) is 0.755. The number of hydrogen-bond donors (Lipinski definition) is 2. The van der Waals surface area contributed by atoms with Crippen molar-refractivity contribution in [3.05, 3.63) is 35.4 Å². The fourth-order valence-corrected chi connectivity index (χ4v) is 2.11. The molecule has 0 bridgehead atoms. The van der Waals surface area contributed by atoms with Crippen molar-refractivity contribution in [2.24, 2.45) is 0 Å². The first-order chi connectivity index (χ1) is 10.1. The molecule has 0 saturated carbocycles. The van der Waals surface area contributed by atoms with Crippen LogP contribution in [0.25, 0.3) is 0 Å². The van der Waals surface area contributed by atoms with E-state index < -0.39 is 23.8 Å². The number of anilines is 1. The van der Waals surface area contributed by atoms with Gasteiger partial charge in [0.25, 0.3) is 17.8 Å². The minimum absolute atomic E-state index is 0.0246. The second-order valence-corrected chi connectivity index (χ2v) is 4.43. The lowest BCUT2D eigenvalue weighted by molar-refractivity contribution is -0.119. The van der Waals surface area contributed by atoms with Gasteiger partial charge < -0.3 is 0 Å². The number of aromatic nitrogens is 4. The fraction of sp³-hybridized carbons (Fsp3) is 0.167. The molecule has 2 aromatic rings. The van der Waals surface area contributed by atoms with E-state index in [9.17, 15) is 14.4 Å². The maximum atomic E-state index is 12.2. The van der Waals surface area contributed by atoms with Crippen LogP contribution in [0.2, 0.25) is 0 Å². The minimum atomic E-state index is -0.990. The summed E-state index contributed by atoms with van der Waals surface area (Å²) in [5, 5.41) is 15.0. The number of aromatic amines is 1. The Kier molecular flexibility index (Phi) is 2.94. The van der Waals surface area contributed by atoms with Gasteiger partial charge in [0.1, 0.15) is 6.04 Å². The Balaban J connectivity index is 1.83. The summed E-state index contributed by atoms with van der Waals surface area (Å²) in [7, 11) is 0. The zero-order valence-electron chi connectivity index (χ0n) is 10.9. The van der Waals surface area contributed by atoms with Crippen LogP contribution in [0, 0.1) is 0 Å². The Bertz CT molecular complexity index is 691. The van der Waals surface area contributed by atoms with Gasteiger partial charge in [-0.1, -0.05) is 17.2 Å². The Labute approximate surface area is 118 Å². The molecular formula is C12H10N6O3. The van der Waals surface area contributed by atoms with Gasteiger partial charge in [0.15, 0.2) is 0 Å². The fourth-order valence-electron chi connectivity index (χ4n) is 2.11. The molecule has 2 heterocycles. The summed E-state index contributed by atoms with van der Waals surface area (Å²) in [6.07, 6.45) is 0. The zero-order chi connectivity index (χ0) is 15.0. The molecule has 21 heavy (non-hydrogen) atoms. The number of tetrazole rings is 1. The number of nitrogens with one attached hydrogen (secondary N) is 2. The summed E-state index contributed by atoms with van der Waals surface area (Å²) in [6.45, 7) is 1.46. The van der Waals surface area contributed by atoms with Crippen molar-refractivity contribution in [1.29, 1.82) is 0 Å². The lowest BCUT2D eigenvalue weighted by Crippen LogP contribution is -2.45. The molecule has 0 spiro atoms. The molecule has 1 aromatic carbocycles. The van der Waals surface area contributed by atoms with Gasteiger partial charge in [0.05, 0.1) is 11.1 Å². The van der Waals surface area contributed by atoms with E-state index >= 15 is 0 Å². The lowest BCUT2D eigenvalue weighted by atomic mass is 10.1. The summed E-state index contributed by atoms with van der Waals surface area (Å²) in [6, 6.07) is 5.45. The summed E-state index contributed by atoms with van der Waals surface area (Å²) in [5.74, 6) is -1.59. The van der Waals surface area contributed by atoms with E-state index in [1.165, 1.54) is 6.92 Å². The average molecular weight is 286 g/mol. The number of nitrogens with zero attached hydrogens (tertiary/aromatic N) is 4. The van der Waals surface area contributed by atoms with Gasteiger partial charge in [-0.15, -0.1) is 5.10 Å². The molecule has 1 aliphatic heterocycles. The van der Waals surface area contributed by atoms with E-state index in [0.717, 1.165) is 4.90 Å². The largest absolute Gasteiger partial charge is 0.290 e. The summed E-state index contributed by atoms with van der Waals surface area (Å²) in [5.41, 5.74) is 0.587. The van der Waals surface area contributed by atoms with E-state index in [1.807, 2.05) is 0 Å². The number of amides is 3. The van der Waals surface area contributed by atoms with Crippen LogP contribution in [0.1, 0.15) is 27.6 Å². The van der Waals surface area contributed by atoms with Crippen LogP contribution < -0.4 is 5.32 Å². The number of carbonyl (C=O) groups excluding carboxylic acids is 3. The van der Waals surface area contributed by atoms with Crippen LogP contribution in [0.3, 0.4) is 0 Å². The molecule has 0 unspecified atom stereocenters. The molecule has 1 aromatic heterocycles. The van der Waals surface area contributed by atoms with E-state index in [1.54, 1.807) is 24.3 Å². The molecule has 3 rings (SSSR count). The molecule has 0 aliphatic carbocycles. The van der Waals surface area contributed by atoms with Crippen LogP contribution in [0.5, 0.6) is 0 Å². The molecule has 0 fully saturated rings. The van der Waals surface area contributed by atoms with Crippen LogP contribution in [-0.2, 0) is 4.79 Å². The lowest BCUT2D eigenvalue weighted by Gasteiger charge is -2.20. The van der Waals surface area contributed by atoms with E-state index in [2.05, 4.69) is 25.9 Å². The maximum Gasteiger partial charge on any atom is 0.269 e. The Morgan fingerprint density at radius 1 is 1.24 bits per heavy atom. The SMILES string of the molecule is C[C@@H](C(=O)Nc1nn[nH]n1)N1C(=O)c2ccccc2C1=O. The van der Waals surface area contributed by atoms with Gasteiger partial charge in [-0.2, -0.15) is 5.21 Å². The van der Waals surface area contributed by atoms with Crippen LogP contribution in [-0.4, -0.2) is 49.3 Å². The third-order valence-corrected chi connectivity index (χ3v) is 3.17. The summed E-state index contributed by atoms with van der Waals surface area (Å²) < 4.78 is 0. The van der Waals surface area contributed by atoms with Gasteiger partial charge in [-0.3, -0.25) is 24.6 Å². The van der Waals surface area contributed by atoms with Gasteiger partial charge >= 0.3 is 0 Å². The summed E-state index contributed by atoms with van der Waals surface area (Å²) in [4.78, 5) is 37.4. The Morgan fingerprint density at radius 3 is 2.38 bits per heavy atom. The Hall–Kier alpha value is -3.10. The van der Waals surface area contributed by atoms with Crippen molar-refractivity contribution < 1.29 is 14.4 Å². The number of fused-ring (bicyclic) bond motifs is 1. The standard InChI is InChI=1S/C12H10N6O3/c1-6(9(19)13-12-14-16-17-15-12)18-10(20)7-4-2-3-5-8(7)11(18)21/h2-6H,1H3,(H2,13,14,15,16,17,19)/t6-/m0/s1. The highest BCUT2D eigenvalue weighted by Crippen LogP contribution is 2.24. The third-order valence-electron chi connectivity index (χ3n) is 3.17. The molecular weight excluding hydrogens is 276 g/mol. The number of benzene rings is 1. The van der Waals surface area contributed by atoms with Crippen molar-refractivity contribution in [3.8, 4) is 0 Å². The number of carbonyl (C=O) groups is 3. The minimum Gasteiger partial charge on any atom is -0.290 e. The predicted octanol–water partition coefficient (Wildman–Crippen LogP) is -0.177. The molecule has 9 nitrogen and oxygen atoms in total. The van der Waals surface area contributed by atoms with Gasteiger partial charge in [0.2, 0.25) is 5.91 Å². The normalized spacial score (nSPS) is 15.0. The first-order valence-corrected chi connectivity index (χ1v) is 6.11. The monoisotopic (exact) mass is 286 g/mol. The maximum absolute atomic E-state index is 12.2. The molecule has 1 aliphatic rings. The van der Waals surface area contributed by atoms with Crippen molar-refractivity contribution in [1.82, 2.24) is 25.5 Å². The van der Waals surface area contributed by atoms with E-state index in [-0.39, 0.29) is 5.95 Å². The van der Waals surface area contributed by atoms with Crippen molar-refractivity contribution in [2.45, 2.75) is 13.0 Å². The molecule has 106 valence electrons. The van der Waals surface area contributed by atoms with Crippen molar-refractivity contribution >= 4 is 23.7 Å². The average Bonchev–Trinajstić information content (AvgIpc) is 3.07. The highest BCUT2D eigenvalue weighted by Gasteiger charge is 2.40. The molecule has 3 amide bonds. The Morgan fingerprint density at radius 2 is 1.86 bits per heavy atom. The number of H-pyrrole nitrogens is 1. The number of rotatable bonds is 3. The second kappa shape index (κ2) is 4.78. The van der Waals surface area contributed by atoms with Crippen LogP contribution in [0.4, 0.5) is 5.95 Å². The predicted molar refractivity (Wildman–Crippen MR) is 69.2 cm³/mol. The number of hydrogen-bond acceptors (Lipinski definition) is 6. The van der Waals surface area contributed by atoms with Crippen molar-refractivity contribution in [3.63, 3.8) is 0 Å². The van der Waals surface area contributed by atoms with Gasteiger partial charge in [-0.25, -0.2) is 0 Å². The topological polar surface area (TPSA) is 121 Å². The van der Waals surface area contributed by atoms with Crippen LogP contribution in [0.15, 0.2) is 24.3 Å². The van der Waals surface area contributed by atoms with E-state index in [0.29, 0.717) is 11.1 Å². The number of imide groups is 1. The van der Waals surface area contributed by atoms with Crippen molar-refractivity contribution in [2.75, 3.05) is 5.32 Å². The second-order valence-electron chi connectivity index (χ2n) is 4.43. The van der Waals surface area contributed by atoms with E-state index in [4.69, 9.17) is 0 Å². The first-order valence-electron chi connectivity index (χ1n) is 6.11. The van der Waals surface area contributed by atoms with Crippen LogP contribution >= 0.6 is 0 Å². The zero-order valence-corrected chi connectivity index (χ0v) is 10.9. The highest BCUT2D eigenvalue weighted by molar-refractivity contribution is 6.23. The summed E-state index contributed by atoms with van der Waals surface area (Å²) >= 11 is 0. The van der Waals surface area contributed by atoms with Gasteiger partial charge in [0, 0.05) is 0 Å². The highest BCUT2D eigenvalue weighted by atomic mass is 16.2. The molecule has 1 atom stereocenters. The molecule has 0 saturated heterocycles. The smallest absolute Gasteiger partial charge is 0.269 e. The molecule has 9 heteroatoms. The van der Waals surface area contributed by atoms with Gasteiger partial charge in [-0.05, 0) is 24.3 Å². The first kappa shape index (κ1) is 12.9. The molecule has 0 radical (unpaired) electrons.